The molecule has 3 atom stereocenters. The van der Waals surface area contributed by atoms with E-state index in [1.54, 1.807) is 0 Å². The summed E-state index contributed by atoms with van der Waals surface area (Å²) in [5, 5.41) is 0. The van der Waals surface area contributed by atoms with E-state index in [9.17, 15) is 0 Å². The van der Waals surface area contributed by atoms with E-state index in [1.807, 2.05) is 32.7 Å². The highest BCUT2D eigenvalue weighted by Gasteiger charge is 2.50. The maximum absolute atomic E-state index is 6.02. The molecule has 2 fully saturated rings. The number of hydrogen-bond acceptors (Lipinski definition) is 5. The Labute approximate surface area is 161 Å². The molecule has 1 saturated heterocycles. The zero-order valence-corrected chi connectivity index (χ0v) is 16.5. The van der Waals surface area contributed by atoms with Gasteiger partial charge in [-0.15, -0.1) is 0 Å². The molecule has 0 radical (unpaired) electrons. The van der Waals surface area contributed by atoms with E-state index in [0.29, 0.717) is 12.1 Å². The molecule has 1 aliphatic heterocycles. The van der Waals surface area contributed by atoms with Gasteiger partial charge in [0, 0.05) is 56.9 Å². The number of hydrogen-bond donors (Lipinski definition) is 0. The Hall–Kier alpha value is -1.82. The van der Waals surface area contributed by atoms with Crippen LogP contribution in [0.4, 0.5) is 0 Å². The lowest BCUT2D eigenvalue weighted by molar-refractivity contribution is -0.0947. The lowest BCUT2D eigenvalue weighted by atomic mass is 9.79. The number of benzene rings is 1. The van der Waals surface area contributed by atoms with E-state index in [0.717, 1.165) is 55.7 Å². The van der Waals surface area contributed by atoms with E-state index in [1.165, 1.54) is 5.56 Å². The third-order valence-corrected chi connectivity index (χ3v) is 6.35. The van der Waals surface area contributed by atoms with Crippen molar-refractivity contribution in [3.8, 4) is 11.4 Å². The second-order valence-electron chi connectivity index (χ2n) is 7.92. The molecule has 27 heavy (non-hydrogen) atoms. The minimum atomic E-state index is -0.0165. The van der Waals surface area contributed by atoms with E-state index in [2.05, 4.69) is 40.0 Å². The predicted octanol–water partition coefficient (Wildman–Crippen LogP) is 3.61. The fourth-order valence-corrected chi connectivity index (χ4v) is 4.76. The van der Waals surface area contributed by atoms with Crippen molar-refractivity contribution in [2.45, 2.75) is 56.9 Å². The van der Waals surface area contributed by atoms with Crippen LogP contribution < -0.4 is 0 Å². The summed E-state index contributed by atoms with van der Waals surface area (Å²) in [6.07, 6.45) is 8.55. The van der Waals surface area contributed by atoms with E-state index < -0.39 is 0 Å². The number of ether oxygens (including phenoxy) is 2. The van der Waals surface area contributed by atoms with E-state index >= 15 is 0 Å². The number of nitrogens with zero attached hydrogens (tertiary/aromatic N) is 3. The number of rotatable bonds is 5. The van der Waals surface area contributed by atoms with Gasteiger partial charge in [0.2, 0.25) is 0 Å². The van der Waals surface area contributed by atoms with Crippen LogP contribution in [0.25, 0.3) is 11.4 Å². The highest BCUT2D eigenvalue weighted by atomic mass is 16.5. The van der Waals surface area contributed by atoms with Gasteiger partial charge in [0.25, 0.3) is 0 Å². The number of fused-ring (bicyclic) bond motifs is 1. The Kier molecular flexibility index (Phi) is 5.26. The largest absolute Gasteiger partial charge is 0.381 e. The van der Waals surface area contributed by atoms with Crippen LogP contribution in [-0.2, 0) is 16.0 Å². The summed E-state index contributed by atoms with van der Waals surface area (Å²) >= 11 is 0. The maximum Gasteiger partial charge on any atom is 0.159 e. The summed E-state index contributed by atoms with van der Waals surface area (Å²) in [5.41, 5.74) is 3.42. The first-order valence-electron chi connectivity index (χ1n) is 9.83. The van der Waals surface area contributed by atoms with Crippen LogP contribution in [0.3, 0.4) is 0 Å². The zero-order valence-electron chi connectivity index (χ0n) is 16.5. The Morgan fingerprint density at radius 3 is 2.70 bits per heavy atom. The Morgan fingerprint density at radius 2 is 2.00 bits per heavy atom. The van der Waals surface area contributed by atoms with Gasteiger partial charge >= 0.3 is 0 Å². The molecule has 4 rings (SSSR count). The summed E-state index contributed by atoms with van der Waals surface area (Å²) in [6.45, 7) is 4.00. The third-order valence-electron chi connectivity index (χ3n) is 6.35. The van der Waals surface area contributed by atoms with Crippen LogP contribution in [0.1, 0.15) is 36.8 Å². The first kappa shape index (κ1) is 18.5. The van der Waals surface area contributed by atoms with Crippen LogP contribution in [-0.4, -0.2) is 53.4 Å². The second kappa shape index (κ2) is 7.66. The van der Waals surface area contributed by atoms with E-state index in [4.69, 9.17) is 9.47 Å². The molecule has 1 aliphatic carbocycles. The minimum absolute atomic E-state index is 0.0165. The van der Waals surface area contributed by atoms with Gasteiger partial charge < -0.3 is 9.47 Å². The molecule has 5 heteroatoms. The molecule has 0 N–H and O–H groups in total. The number of aromatic nitrogens is 2. The van der Waals surface area contributed by atoms with Crippen molar-refractivity contribution in [1.82, 2.24) is 14.9 Å². The second-order valence-corrected chi connectivity index (χ2v) is 7.92. The molecule has 144 valence electrons. The topological polar surface area (TPSA) is 47.5 Å². The maximum atomic E-state index is 6.02. The van der Waals surface area contributed by atoms with Crippen LogP contribution in [0, 0.1) is 6.92 Å². The number of aryl methyl sites for hydroxylation is 1. The predicted molar refractivity (Wildman–Crippen MR) is 105 cm³/mol. The van der Waals surface area contributed by atoms with Gasteiger partial charge in [0.1, 0.15) is 0 Å². The van der Waals surface area contributed by atoms with Gasteiger partial charge in [-0.25, -0.2) is 9.97 Å². The first-order chi connectivity index (χ1) is 13.1. The molecule has 0 unspecified atom stereocenters. The van der Waals surface area contributed by atoms with Gasteiger partial charge in [0.15, 0.2) is 5.82 Å². The monoisotopic (exact) mass is 367 g/mol. The summed E-state index contributed by atoms with van der Waals surface area (Å²) in [7, 11) is 3.69. The fourth-order valence-electron chi connectivity index (χ4n) is 4.76. The average Bonchev–Trinajstić information content (AvgIpc) is 3.06. The minimum Gasteiger partial charge on any atom is -0.381 e. The highest BCUT2D eigenvalue weighted by Crippen LogP contribution is 2.43. The molecule has 2 aliphatic rings. The van der Waals surface area contributed by atoms with Crippen molar-refractivity contribution in [3.05, 3.63) is 47.8 Å². The third kappa shape index (κ3) is 3.64. The van der Waals surface area contributed by atoms with Crippen LogP contribution >= 0.6 is 0 Å². The van der Waals surface area contributed by atoms with Crippen molar-refractivity contribution < 1.29 is 9.47 Å². The van der Waals surface area contributed by atoms with Crippen molar-refractivity contribution in [3.63, 3.8) is 0 Å². The SMILES string of the molecule is CO[C@H]1CC[C@@]2(OC)CCN(Cc3cnc(-c4cccc(C)c4)nc3)[C@H]2C1. The number of likely N-dealkylation sites (tertiary alicyclic amines) is 1. The molecule has 0 amide bonds. The summed E-state index contributed by atoms with van der Waals surface area (Å²) in [6, 6.07) is 8.71. The molecule has 2 aromatic rings. The highest BCUT2D eigenvalue weighted by molar-refractivity contribution is 5.55. The Balaban J connectivity index is 1.49. The van der Waals surface area contributed by atoms with Crippen molar-refractivity contribution in [2.75, 3.05) is 20.8 Å². The molecule has 0 spiro atoms. The lowest BCUT2D eigenvalue weighted by Gasteiger charge is -2.43. The molecule has 0 bridgehead atoms. The fraction of sp³-hybridized carbons (Fsp3) is 0.545. The standard InChI is InChI=1S/C22H29N3O2/c1-16-5-4-6-18(11-16)21-23-13-17(14-24-21)15-25-10-9-22(27-3)8-7-19(26-2)12-20(22)25/h4-6,11,13-14,19-20H,7-10,12,15H2,1-3H3/t19-,20-,22+/m0/s1. The van der Waals surface area contributed by atoms with Gasteiger partial charge in [-0.05, 0) is 38.7 Å². The first-order valence-corrected chi connectivity index (χ1v) is 9.83. The Morgan fingerprint density at radius 1 is 1.19 bits per heavy atom. The van der Waals surface area contributed by atoms with Crippen molar-refractivity contribution in [1.29, 1.82) is 0 Å². The summed E-state index contributed by atoms with van der Waals surface area (Å²) in [5.74, 6) is 0.784. The molecular weight excluding hydrogens is 338 g/mol. The van der Waals surface area contributed by atoms with Crippen LogP contribution in [0.2, 0.25) is 0 Å². The molecule has 1 aromatic heterocycles. The van der Waals surface area contributed by atoms with E-state index in [-0.39, 0.29) is 5.60 Å². The zero-order chi connectivity index (χ0) is 18.9. The van der Waals surface area contributed by atoms with Gasteiger partial charge in [0.05, 0.1) is 11.7 Å². The molecule has 1 saturated carbocycles. The average molecular weight is 367 g/mol. The van der Waals surface area contributed by atoms with Crippen LogP contribution in [0.5, 0.6) is 0 Å². The summed E-state index contributed by atoms with van der Waals surface area (Å²) in [4.78, 5) is 11.7. The van der Waals surface area contributed by atoms with Gasteiger partial charge in [-0.3, -0.25) is 4.90 Å². The molecule has 2 heterocycles. The molecule has 5 nitrogen and oxygen atoms in total. The molecule has 1 aromatic carbocycles. The van der Waals surface area contributed by atoms with Gasteiger partial charge in [-0.2, -0.15) is 0 Å². The van der Waals surface area contributed by atoms with Crippen molar-refractivity contribution in [2.24, 2.45) is 0 Å². The van der Waals surface area contributed by atoms with Crippen LogP contribution in [0.15, 0.2) is 36.7 Å². The molecular formula is C22H29N3O2. The lowest BCUT2D eigenvalue weighted by Crippen LogP contribution is -2.51. The normalized spacial score (nSPS) is 28.3. The quantitative estimate of drug-likeness (QED) is 0.808. The Bertz CT molecular complexity index is 779. The summed E-state index contributed by atoms with van der Waals surface area (Å²) < 4.78 is 11.7. The smallest absolute Gasteiger partial charge is 0.159 e. The van der Waals surface area contributed by atoms with Crippen molar-refractivity contribution >= 4 is 0 Å². The number of methoxy groups -OCH3 is 2. The van der Waals surface area contributed by atoms with Gasteiger partial charge in [-0.1, -0.05) is 23.8 Å².